The highest BCUT2D eigenvalue weighted by Gasteiger charge is 2.35. The van der Waals surface area contributed by atoms with Crippen molar-refractivity contribution >= 4 is 9.84 Å². The third-order valence-electron chi connectivity index (χ3n) is 4.66. The minimum atomic E-state index is -3.03. The van der Waals surface area contributed by atoms with Gasteiger partial charge in [-0.1, -0.05) is 13.8 Å². The lowest BCUT2D eigenvalue weighted by molar-refractivity contribution is 0.0879. The van der Waals surface area contributed by atoms with Gasteiger partial charge in [-0.25, -0.2) is 8.42 Å². The third-order valence-corrected chi connectivity index (χ3v) is 7.25. The highest BCUT2D eigenvalue weighted by Crippen LogP contribution is 2.22. The van der Waals surface area contributed by atoms with E-state index in [-0.39, 0.29) is 11.3 Å². The van der Waals surface area contributed by atoms with Crippen LogP contribution in [0.25, 0.3) is 0 Å². The number of nitrogens with one attached hydrogen (secondary N) is 1. The van der Waals surface area contributed by atoms with E-state index in [0.717, 1.165) is 25.9 Å². The Kier molecular flexibility index (Phi) is 5.67. The molecule has 2 unspecified atom stereocenters. The zero-order valence-corrected chi connectivity index (χ0v) is 14.8. The zero-order valence-electron chi connectivity index (χ0n) is 14.0. The molecule has 5 heteroatoms. The molecule has 1 rings (SSSR count). The van der Waals surface area contributed by atoms with Gasteiger partial charge in [0.05, 0.1) is 10.5 Å². The molecule has 0 aromatic carbocycles. The molecular weight excluding hydrogens is 272 g/mol. The lowest BCUT2D eigenvalue weighted by atomic mass is 9.93. The van der Waals surface area contributed by atoms with E-state index in [1.54, 1.807) is 20.8 Å². The van der Waals surface area contributed by atoms with E-state index in [4.69, 9.17) is 0 Å². The van der Waals surface area contributed by atoms with Gasteiger partial charge in [-0.3, -0.25) is 4.90 Å². The Morgan fingerprint density at radius 2 is 1.90 bits per heavy atom. The second-order valence-electron chi connectivity index (χ2n) is 7.26. The van der Waals surface area contributed by atoms with E-state index >= 15 is 0 Å². The number of rotatable bonds is 5. The summed E-state index contributed by atoms with van der Waals surface area (Å²) in [6, 6.07) is 0.449. The molecule has 0 aromatic heterocycles. The molecule has 0 bridgehead atoms. The highest BCUT2D eigenvalue weighted by molar-refractivity contribution is 7.92. The maximum Gasteiger partial charge on any atom is 0.156 e. The fourth-order valence-electron chi connectivity index (χ4n) is 2.57. The van der Waals surface area contributed by atoms with Gasteiger partial charge >= 0.3 is 0 Å². The minimum absolute atomic E-state index is 0.108. The van der Waals surface area contributed by atoms with Crippen molar-refractivity contribution in [2.45, 2.75) is 70.7 Å². The predicted octanol–water partition coefficient (Wildman–Crippen LogP) is 2.05. The summed E-state index contributed by atoms with van der Waals surface area (Å²) < 4.78 is 23.9. The van der Waals surface area contributed by atoms with Gasteiger partial charge in [-0.15, -0.1) is 0 Å². The van der Waals surface area contributed by atoms with Crippen LogP contribution in [0.3, 0.4) is 0 Å². The quantitative estimate of drug-likeness (QED) is 0.844. The number of nitrogens with zero attached hydrogens (tertiary/aromatic N) is 1. The van der Waals surface area contributed by atoms with Crippen molar-refractivity contribution in [2.75, 3.05) is 25.4 Å². The predicted molar refractivity (Wildman–Crippen MR) is 85.9 cm³/mol. The van der Waals surface area contributed by atoms with Crippen LogP contribution in [0, 0.1) is 0 Å². The highest BCUT2D eigenvalue weighted by atomic mass is 32.2. The van der Waals surface area contributed by atoms with Gasteiger partial charge in [0, 0.05) is 31.2 Å². The lowest BCUT2D eigenvalue weighted by Crippen LogP contribution is -2.63. The monoisotopic (exact) mass is 304 g/mol. The van der Waals surface area contributed by atoms with Crippen molar-refractivity contribution in [1.82, 2.24) is 10.2 Å². The first-order valence-electron chi connectivity index (χ1n) is 7.76. The summed E-state index contributed by atoms with van der Waals surface area (Å²) in [7, 11) is -3.03. The first kappa shape index (κ1) is 17.9. The molecule has 0 radical (unpaired) electrons. The van der Waals surface area contributed by atoms with Crippen LogP contribution in [-0.2, 0) is 9.84 Å². The second-order valence-corrected chi connectivity index (χ2v) is 10.1. The van der Waals surface area contributed by atoms with Crippen molar-refractivity contribution < 1.29 is 8.42 Å². The normalized spacial score (nSPS) is 29.6. The molecule has 0 aromatic rings. The molecule has 1 aliphatic rings. The molecule has 4 nitrogen and oxygen atoms in total. The maximum absolute atomic E-state index is 12.3. The average Bonchev–Trinajstić information content (AvgIpc) is 2.35. The molecule has 1 aliphatic heterocycles. The summed E-state index contributed by atoms with van der Waals surface area (Å²) in [5, 5.41) is 3.61. The Balaban J connectivity index is 2.73. The standard InChI is InChI=1S/C15H32N2O2S/c1-7-13-11-16-15(6,8-2)12-17(13)9-10-20(18,19)14(3,4)5/h13,16H,7-12H2,1-6H3. The molecule has 1 saturated heterocycles. The van der Waals surface area contributed by atoms with Gasteiger partial charge in [0.1, 0.15) is 0 Å². The number of sulfone groups is 1. The van der Waals surface area contributed by atoms with Crippen LogP contribution in [0.1, 0.15) is 54.4 Å². The van der Waals surface area contributed by atoms with Gasteiger partial charge in [0.15, 0.2) is 9.84 Å². The van der Waals surface area contributed by atoms with E-state index < -0.39 is 14.6 Å². The Bertz CT molecular complexity index is 414. The van der Waals surface area contributed by atoms with Crippen LogP contribution in [-0.4, -0.2) is 55.0 Å². The summed E-state index contributed by atoms with van der Waals surface area (Å²) in [4.78, 5) is 2.36. The Morgan fingerprint density at radius 1 is 1.30 bits per heavy atom. The molecule has 1 fully saturated rings. The smallest absolute Gasteiger partial charge is 0.156 e. The van der Waals surface area contributed by atoms with Crippen molar-refractivity contribution in [2.24, 2.45) is 0 Å². The first-order valence-corrected chi connectivity index (χ1v) is 9.41. The molecule has 2 atom stereocenters. The van der Waals surface area contributed by atoms with Gasteiger partial charge in [-0.05, 0) is 40.5 Å². The summed E-state index contributed by atoms with van der Waals surface area (Å²) in [5.41, 5.74) is 0.108. The fraction of sp³-hybridized carbons (Fsp3) is 1.00. The Hall–Kier alpha value is -0.130. The molecule has 1 N–H and O–H groups in total. The molecule has 120 valence electrons. The maximum atomic E-state index is 12.3. The molecular formula is C15H32N2O2S. The Morgan fingerprint density at radius 3 is 2.35 bits per heavy atom. The Labute approximate surface area is 125 Å². The number of hydrogen-bond donors (Lipinski definition) is 1. The van der Waals surface area contributed by atoms with Crippen molar-refractivity contribution in [3.63, 3.8) is 0 Å². The van der Waals surface area contributed by atoms with Crippen LogP contribution in [0.4, 0.5) is 0 Å². The fourth-order valence-corrected chi connectivity index (χ4v) is 3.66. The molecule has 0 aliphatic carbocycles. The van der Waals surface area contributed by atoms with Crippen LogP contribution in [0.2, 0.25) is 0 Å². The zero-order chi connectivity index (χ0) is 15.6. The molecule has 20 heavy (non-hydrogen) atoms. The third kappa shape index (κ3) is 4.18. The SMILES string of the molecule is CCC1CNC(C)(CC)CN1CCS(=O)(=O)C(C)(C)C. The van der Waals surface area contributed by atoms with Crippen molar-refractivity contribution in [3.05, 3.63) is 0 Å². The molecule has 0 spiro atoms. The van der Waals surface area contributed by atoms with Gasteiger partial charge < -0.3 is 5.32 Å². The second kappa shape index (κ2) is 6.32. The van der Waals surface area contributed by atoms with Gasteiger partial charge in [0.25, 0.3) is 0 Å². The van der Waals surface area contributed by atoms with Crippen LogP contribution in [0.15, 0.2) is 0 Å². The van der Waals surface area contributed by atoms with E-state index in [1.807, 2.05) is 0 Å². The van der Waals surface area contributed by atoms with E-state index in [1.165, 1.54) is 0 Å². The van der Waals surface area contributed by atoms with Crippen molar-refractivity contribution in [3.8, 4) is 0 Å². The van der Waals surface area contributed by atoms with E-state index in [9.17, 15) is 8.42 Å². The summed E-state index contributed by atoms with van der Waals surface area (Å²) in [5.74, 6) is 0.257. The van der Waals surface area contributed by atoms with Crippen LogP contribution in [0.5, 0.6) is 0 Å². The van der Waals surface area contributed by atoms with Crippen molar-refractivity contribution in [1.29, 1.82) is 0 Å². The average molecular weight is 305 g/mol. The number of hydrogen-bond acceptors (Lipinski definition) is 4. The summed E-state index contributed by atoms with van der Waals surface area (Å²) >= 11 is 0. The number of piperazine rings is 1. The molecule has 0 saturated carbocycles. The minimum Gasteiger partial charge on any atom is -0.309 e. The topological polar surface area (TPSA) is 49.4 Å². The first-order chi connectivity index (χ1) is 9.04. The van der Waals surface area contributed by atoms with E-state index in [0.29, 0.717) is 12.6 Å². The van der Waals surface area contributed by atoms with Gasteiger partial charge in [-0.2, -0.15) is 0 Å². The van der Waals surface area contributed by atoms with Gasteiger partial charge in [0.2, 0.25) is 0 Å². The lowest BCUT2D eigenvalue weighted by Gasteiger charge is -2.46. The summed E-state index contributed by atoms with van der Waals surface area (Å²) in [6.45, 7) is 14.5. The molecule has 0 amide bonds. The molecule has 1 heterocycles. The largest absolute Gasteiger partial charge is 0.309 e. The van der Waals surface area contributed by atoms with Crippen LogP contribution < -0.4 is 5.32 Å². The van der Waals surface area contributed by atoms with E-state index in [2.05, 4.69) is 31.0 Å². The summed E-state index contributed by atoms with van der Waals surface area (Å²) in [6.07, 6.45) is 2.12. The van der Waals surface area contributed by atoms with Crippen LogP contribution >= 0.6 is 0 Å².